The molecule has 0 bridgehead atoms. The van der Waals surface area contributed by atoms with E-state index in [4.69, 9.17) is 0 Å². The predicted octanol–water partition coefficient (Wildman–Crippen LogP) is 3.57. The zero-order valence-electron chi connectivity index (χ0n) is 15.1. The molecule has 3 rings (SSSR count). The maximum Gasteiger partial charge on any atom is 0.290 e. The Bertz CT molecular complexity index is 971. The Hall–Kier alpha value is -2.26. The molecular formula is C18H21N3O4S2. The molecule has 0 atom stereocenters. The fourth-order valence-electron chi connectivity index (χ4n) is 3.11. The van der Waals surface area contributed by atoms with Crippen molar-refractivity contribution in [2.24, 2.45) is 0 Å². The molecule has 27 heavy (non-hydrogen) atoms. The zero-order valence-corrected chi connectivity index (χ0v) is 16.8. The average Bonchev–Trinajstić information content (AvgIpc) is 2.63. The zero-order chi connectivity index (χ0) is 19.6. The van der Waals surface area contributed by atoms with Crippen molar-refractivity contribution in [1.82, 2.24) is 0 Å². The molecule has 0 unspecified atom stereocenters. The average molecular weight is 408 g/mol. The minimum atomic E-state index is -4.09. The maximum absolute atomic E-state index is 12.9. The molecule has 1 N–H and O–H groups in total. The van der Waals surface area contributed by atoms with Gasteiger partial charge in [0.2, 0.25) is 0 Å². The summed E-state index contributed by atoms with van der Waals surface area (Å²) in [7, 11) is -4.09. The summed E-state index contributed by atoms with van der Waals surface area (Å²) in [6.45, 7) is 5.30. The van der Waals surface area contributed by atoms with Crippen LogP contribution < -0.4 is 9.62 Å². The van der Waals surface area contributed by atoms with Crippen molar-refractivity contribution in [3.8, 4) is 0 Å². The smallest absolute Gasteiger partial charge is 0.290 e. The van der Waals surface area contributed by atoms with Crippen molar-refractivity contribution < 1.29 is 13.3 Å². The maximum atomic E-state index is 12.9. The van der Waals surface area contributed by atoms with Crippen LogP contribution in [0.1, 0.15) is 11.1 Å². The molecule has 0 aromatic heterocycles. The summed E-state index contributed by atoms with van der Waals surface area (Å²) in [4.78, 5) is 12.6. The Kier molecular flexibility index (Phi) is 5.61. The van der Waals surface area contributed by atoms with Gasteiger partial charge in [0.25, 0.3) is 15.7 Å². The topological polar surface area (TPSA) is 92.6 Å². The summed E-state index contributed by atoms with van der Waals surface area (Å²) in [5.41, 5.74) is 2.14. The summed E-state index contributed by atoms with van der Waals surface area (Å²) in [6, 6.07) is 9.77. The van der Waals surface area contributed by atoms with E-state index in [2.05, 4.69) is 9.62 Å². The highest BCUT2D eigenvalue weighted by Gasteiger charge is 2.28. The molecule has 1 aliphatic heterocycles. The van der Waals surface area contributed by atoms with Gasteiger partial charge in [0.15, 0.2) is 4.90 Å². The molecule has 9 heteroatoms. The lowest BCUT2D eigenvalue weighted by Crippen LogP contribution is -2.32. The van der Waals surface area contributed by atoms with Gasteiger partial charge in [-0.2, -0.15) is 11.8 Å². The van der Waals surface area contributed by atoms with Crippen molar-refractivity contribution in [2.75, 3.05) is 34.2 Å². The van der Waals surface area contributed by atoms with E-state index in [-0.39, 0.29) is 4.90 Å². The van der Waals surface area contributed by atoms with Gasteiger partial charge < -0.3 is 4.90 Å². The second-order valence-electron chi connectivity index (χ2n) is 6.38. The number of sulfonamides is 1. The summed E-state index contributed by atoms with van der Waals surface area (Å²) in [5.74, 6) is 2.15. The van der Waals surface area contributed by atoms with Crippen LogP contribution in [0.2, 0.25) is 0 Å². The molecule has 0 amide bonds. The van der Waals surface area contributed by atoms with Gasteiger partial charge in [-0.25, -0.2) is 8.42 Å². The van der Waals surface area contributed by atoms with Crippen LogP contribution in [0.4, 0.5) is 17.1 Å². The Morgan fingerprint density at radius 3 is 2.44 bits per heavy atom. The van der Waals surface area contributed by atoms with Crippen LogP contribution in [-0.4, -0.2) is 37.9 Å². The lowest BCUT2D eigenvalue weighted by atomic mass is 10.1. The van der Waals surface area contributed by atoms with Gasteiger partial charge in [-0.05, 0) is 43.2 Å². The Balaban J connectivity index is 1.92. The minimum absolute atomic E-state index is 0.300. The number of thioether (sulfide) groups is 1. The second kappa shape index (κ2) is 7.77. The molecule has 0 spiro atoms. The van der Waals surface area contributed by atoms with Crippen molar-refractivity contribution in [2.45, 2.75) is 18.7 Å². The van der Waals surface area contributed by atoms with Gasteiger partial charge >= 0.3 is 0 Å². The number of nitro groups is 1. The molecule has 0 saturated carbocycles. The number of hydrogen-bond donors (Lipinski definition) is 1. The van der Waals surface area contributed by atoms with Gasteiger partial charge in [0, 0.05) is 36.3 Å². The summed E-state index contributed by atoms with van der Waals surface area (Å²) in [6.07, 6.45) is 0. The summed E-state index contributed by atoms with van der Waals surface area (Å²) >= 11 is 1.92. The minimum Gasteiger partial charge on any atom is -0.370 e. The van der Waals surface area contributed by atoms with E-state index in [0.717, 1.165) is 35.8 Å². The molecule has 0 aliphatic carbocycles. The number of nitro benzene ring substituents is 1. The van der Waals surface area contributed by atoms with E-state index in [1.165, 1.54) is 12.1 Å². The van der Waals surface area contributed by atoms with E-state index >= 15 is 0 Å². The van der Waals surface area contributed by atoms with E-state index in [1.807, 2.05) is 30.8 Å². The summed E-state index contributed by atoms with van der Waals surface area (Å²) < 4.78 is 28.2. The molecule has 1 fully saturated rings. The third kappa shape index (κ3) is 4.19. The highest BCUT2D eigenvalue weighted by atomic mass is 32.2. The first-order valence-electron chi connectivity index (χ1n) is 8.50. The number of nitrogens with one attached hydrogen (secondary N) is 1. The van der Waals surface area contributed by atoms with E-state index in [1.54, 1.807) is 19.1 Å². The van der Waals surface area contributed by atoms with Crippen molar-refractivity contribution in [3.05, 3.63) is 57.6 Å². The van der Waals surface area contributed by atoms with E-state index in [9.17, 15) is 18.5 Å². The van der Waals surface area contributed by atoms with Gasteiger partial charge in [-0.1, -0.05) is 12.1 Å². The standard InChI is InChI=1S/C18H21N3O4S2/c1-13-4-3-5-17(21(22)23)18(13)27(24,25)19-16-7-6-15(12-14(16)2)20-8-10-26-11-9-20/h3-7,12,19H,8-11H2,1-2H3. The van der Waals surface area contributed by atoms with Crippen LogP contribution in [0, 0.1) is 24.0 Å². The molecule has 144 valence electrons. The van der Waals surface area contributed by atoms with Crippen molar-refractivity contribution in [1.29, 1.82) is 0 Å². The first-order chi connectivity index (χ1) is 12.8. The van der Waals surface area contributed by atoms with E-state index in [0.29, 0.717) is 11.3 Å². The fourth-order valence-corrected chi connectivity index (χ4v) is 5.54. The molecule has 0 radical (unpaired) electrons. The molecule has 2 aromatic rings. The number of anilines is 2. The van der Waals surface area contributed by atoms with Crippen LogP contribution in [0.25, 0.3) is 0 Å². The van der Waals surface area contributed by atoms with Crippen LogP contribution in [-0.2, 0) is 10.0 Å². The first kappa shape index (κ1) is 19.5. The van der Waals surface area contributed by atoms with Gasteiger partial charge in [0.1, 0.15) is 0 Å². The highest BCUT2D eigenvalue weighted by Crippen LogP contribution is 2.31. The molecule has 1 heterocycles. The normalized spacial score (nSPS) is 14.8. The number of rotatable bonds is 5. The van der Waals surface area contributed by atoms with Crippen LogP contribution in [0.3, 0.4) is 0 Å². The lowest BCUT2D eigenvalue weighted by Gasteiger charge is -2.29. The Morgan fingerprint density at radius 2 is 1.81 bits per heavy atom. The number of hydrogen-bond acceptors (Lipinski definition) is 6. The Labute approximate surface area is 163 Å². The highest BCUT2D eigenvalue weighted by molar-refractivity contribution is 7.99. The second-order valence-corrected chi connectivity index (χ2v) is 9.23. The van der Waals surface area contributed by atoms with Crippen LogP contribution in [0.15, 0.2) is 41.3 Å². The van der Waals surface area contributed by atoms with Crippen LogP contribution >= 0.6 is 11.8 Å². The molecule has 2 aromatic carbocycles. The van der Waals surface area contributed by atoms with Crippen molar-refractivity contribution >= 4 is 38.8 Å². The number of benzene rings is 2. The molecule has 1 saturated heterocycles. The van der Waals surface area contributed by atoms with Crippen LogP contribution in [0.5, 0.6) is 0 Å². The predicted molar refractivity (Wildman–Crippen MR) is 109 cm³/mol. The van der Waals surface area contributed by atoms with E-state index < -0.39 is 20.6 Å². The van der Waals surface area contributed by atoms with Gasteiger partial charge in [-0.15, -0.1) is 0 Å². The summed E-state index contributed by atoms with van der Waals surface area (Å²) in [5, 5.41) is 11.3. The quantitative estimate of drug-likeness (QED) is 0.602. The van der Waals surface area contributed by atoms with Crippen molar-refractivity contribution in [3.63, 3.8) is 0 Å². The fraction of sp³-hybridized carbons (Fsp3) is 0.333. The SMILES string of the molecule is Cc1cc(N2CCSCC2)ccc1NS(=O)(=O)c1c(C)cccc1[N+](=O)[O-]. The third-order valence-electron chi connectivity index (χ3n) is 4.49. The first-order valence-corrected chi connectivity index (χ1v) is 11.1. The largest absolute Gasteiger partial charge is 0.370 e. The van der Waals surface area contributed by atoms with Gasteiger partial charge in [0.05, 0.1) is 10.6 Å². The van der Waals surface area contributed by atoms with Gasteiger partial charge in [-0.3, -0.25) is 14.8 Å². The Morgan fingerprint density at radius 1 is 1.11 bits per heavy atom. The third-order valence-corrected chi connectivity index (χ3v) is 6.99. The molecule has 7 nitrogen and oxygen atoms in total. The lowest BCUT2D eigenvalue weighted by molar-refractivity contribution is -0.387. The number of aryl methyl sites for hydroxylation is 2. The molecule has 1 aliphatic rings. The monoisotopic (exact) mass is 407 g/mol. The number of nitrogens with zero attached hydrogens (tertiary/aromatic N) is 2. The molecular weight excluding hydrogens is 386 g/mol.